The van der Waals surface area contributed by atoms with Gasteiger partial charge in [0.2, 0.25) is 11.8 Å². The Morgan fingerprint density at radius 3 is 2.16 bits per heavy atom. The minimum atomic E-state index is -0.125. The van der Waals surface area contributed by atoms with Gasteiger partial charge in [0.25, 0.3) is 0 Å². The Hall–Kier alpha value is -2.33. The van der Waals surface area contributed by atoms with Crippen LogP contribution in [0.2, 0.25) is 5.02 Å². The zero-order valence-corrected chi connectivity index (χ0v) is 19.4. The van der Waals surface area contributed by atoms with Crippen molar-refractivity contribution in [2.45, 2.75) is 6.92 Å². The minimum Gasteiger partial charge on any atom is -0.332 e. The first-order valence-electron chi connectivity index (χ1n) is 9.74. The van der Waals surface area contributed by atoms with Crippen molar-refractivity contribution in [1.29, 1.82) is 0 Å². The SMILES string of the molecule is CC(=O)Nc1ccc(NC(=S)Nc2ccc(NC(=O)CN3CCSCC3)c(Cl)c2)cc1. The molecule has 0 radical (unpaired) electrons. The van der Waals surface area contributed by atoms with Crippen molar-refractivity contribution in [3.63, 3.8) is 0 Å². The third-order valence-corrected chi connectivity index (χ3v) is 5.89. The van der Waals surface area contributed by atoms with Crippen molar-refractivity contribution in [2.75, 3.05) is 52.4 Å². The Balaban J connectivity index is 1.51. The minimum absolute atomic E-state index is 0.0746. The van der Waals surface area contributed by atoms with Gasteiger partial charge in [-0.2, -0.15) is 11.8 Å². The van der Waals surface area contributed by atoms with Crippen molar-refractivity contribution in [3.8, 4) is 0 Å². The van der Waals surface area contributed by atoms with Gasteiger partial charge >= 0.3 is 0 Å². The van der Waals surface area contributed by atoms with Crippen LogP contribution in [0.5, 0.6) is 0 Å². The summed E-state index contributed by atoms with van der Waals surface area (Å²) in [6.07, 6.45) is 0. The van der Waals surface area contributed by atoms with Gasteiger partial charge in [-0.1, -0.05) is 11.6 Å². The number of thiocarbonyl (C=S) groups is 1. The number of thioether (sulfide) groups is 1. The van der Waals surface area contributed by atoms with E-state index in [0.29, 0.717) is 33.7 Å². The van der Waals surface area contributed by atoms with Crippen molar-refractivity contribution >= 4 is 75.3 Å². The highest BCUT2D eigenvalue weighted by atomic mass is 35.5. The van der Waals surface area contributed by atoms with Gasteiger partial charge in [0.1, 0.15) is 0 Å². The lowest BCUT2D eigenvalue weighted by molar-refractivity contribution is -0.117. The number of hydrogen-bond donors (Lipinski definition) is 4. The Morgan fingerprint density at radius 1 is 0.968 bits per heavy atom. The van der Waals surface area contributed by atoms with Crippen molar-refractivity contribution < 1.29 is 9.59 Å². The molecule has 1 heterocycles. The lowest BCUT2D eigenvalue weighted by atomic mass is 10.2. The van der Waals surface area contributed by atoms with E-state index in [1.54, 1.807) is 30.3 Å². The summed E-state index contributed by atoms with van der Waals surface area (Å²) in [7, 11) is 0. The van der Waals surface area contributed by atoms with Crippen LogP contribution in [0, 0.1) is 0 Å². The summed E-state index contributed by atoms with van der Waals surface area (Å²) in [5.41, 5.74) is 2.75. The second kappa shape index (κ2) is 11.3. The number of carbonyl (C=O) groups excluding carboxylic acids is 2. The number of nitrogens with one attached hydrogen (secondary N) is 4. The normalized spacial score (nSPS) is 13.9. The molecule has 1 saturated heterocycles. The summed E-state index contributed by atoms with van der Waals surface area (Å²) >= 11 is 13.6. The maximum Gasteiger partial charge on any atom is 0.238 e. The molecule has 10 heteroatoms. The van der Waals surface area contributed by atoms with Crippen molar-refractivity contribution in [3.05, 3.63) is 47.5 Å². The summed E-state index contributed by atoms with van der Waals surface area (Å²) in [5.74, 6) is 1.92. The smallest absolute Gasteiger partial charge is 0.238 e. The zero-order valence-electron chi connectivity index (χ0n) is 17.0. The van der Waals surface area contributed by atoms with Gasteiger partial charge < -0.3 is 21.3 Å². The molecule has 0 saturated carbocycles. The lowest BCUT2D eigenvalue weighted by Gasteiger charge is -2.25. The molecule has 0 atom stereocenters. The van der Waals surface area contributed by atoms with Crippen LogP contribution < -0.4 is 21.3 Å². The predicted molar refractivity (Wildman–Crippen MR) is 134 cm³/mol. The molecule has 164 valence electrons. The third kappa shape index (κ3) is 7.70. The molecule has 7 nitrogen and oxygen atoms in total. The Kier molecular flexibility index (Phi) is 8.53. The Labute approximate surface area is 196 Å². The second-order valence-electron chi connectivity index (χ2n) is 6.97. The fraction of sp³-hybridized carbons (Fsp3) is 0.286. The van der Waals surface area contributed by atoms with E-state index in [2.05, 4.69) is 26.2 Å². The average molecular weight is 478 g/mol. The molecule has 0 aromatic heterocycles. The summed E-state index contributed by atoms with van der Waals surface area (Å²) in [6.45, 7) is 3.68. The number of hydrogen-bond acceptors (Lipinski definition) is 5. The van der Waals surface area contributed by atoms with E-state index in [1.165, 1.54) is 6.92 Å². The molecule has 0 unspecified atom stereocenters. The summed E-state index contributed by atoms with van der Waals surface area (Å²) < 4.78 is 0. The van der Waals surface area contributed by atoms with Crippen LogP contribution in [0.4, 0.5) is 22.7 Å². The van der Waals surface area contributed by atoms with E-state index >= 15 is 0 Å². The van der Waals surface area contributed by atoms with E-state index < -0.39 is 0 Å². The molecule has 1 aliphatic rings. The summed E-state index contributed by atoms with van der Waals surface area (Å²) in [4.78, 5) is 25.5. The van der Waals surface area contributed by atoms with Gasteiger partial charge in [-0.25, -0.2) is 0 Å². The van der Waals surface area contributed by atoms with Gasteiger partial charge in [-0.05, 0) is 54.7 Å². The molecular formula is C21H24ClN5O2S2. The summed E-state index contributed by atoms with van der Waals surface area (Å²) in [5, 5.41) is 12.5. The van der Waals surface area contributed by atoms with Crippen molar-refractivity contribution in [1.82, 2.24) is 4.90 Å². The van der Waals surface area contributed by atoms with Crippen LogP contribution in [0.15, 0.2) is 42.5 Å². The van der Waals surface area contributed by atoms with Crippen LogP contribution in [0.1, 0.15) is 6.92 Å². The zero-order chi connectivity index (χ0) is 22.2. The lowest BCUT2D eigenvalue weighted by Crippen LogP contribution is -2.38. The number of rotatable bonds is 6. The van der Waals surface area contributed by atoms with Crippen LogP contribution >= 0.6 is 35.6 Å². The molecular weight excluding hydrogens is 454 g/mol. The van der Waals surface area contributed by atoms with Gasteiger partial charge in [-0.3, -0.25) is 14.5 Å². The molecule has 0 spiro atoms. The molecule has 1 aliphatic heterocycles. The van der Waals surface area contributed by atoms with Gasteiger partial charge in [0, 0.05) is 48.6 Å². The first-order chi connectivity index (χ1) is 14.9. The summed E-state index contributed by atoms with van der Waals surface area (Å²) in [6, 6.07) is 12.4. The molecule has 0 aliphatic carbocycles. The number of carbonyl (C=O) groups is 2. The topological polar surface area (TPSA) is 85.5 Å². The maximum absolute atomic E-state index is 12.3. The van der Waals surface area contributed by atoms with Crippen LogP contribution in [-0.2, 0) is 9.59 Å². The van der Waals surface area contributed by atoms with E-state index in [-0.39, 0.29) is 11.8 Å². The monoisotopic (exact) mass is 477 g/mol. The molecule has 31 heavy (non-hydrogen) atoms. The standard InChI is InChI=1S/C21H24ClN5O2S2/c1-14(28)23-15-2-4-16(5-3-15)24-21(30)25-17-6-7-19(18(22)12-17)26-20(29)13-27-8-10-31-11-9-27/h2-7,12H,8-11,13H2,1H3,(H,23,28)(H,26,29)(H2,24,25,30). The number of benzene rings is 2. The number of halogens is 1. The molecule has 0 bridgehead atoms. The van der Waals surface area contributed by atoms with E-state index in [0.717, 1.165) is 30.3 Å². The van der Waals surface area contributed by atoms with E-state index in [1.807, 2.05) is 23.9 Å². The molecule has 4 N–H and O–H groups in total. The van der Waals surface area contributed by atoms with Crippen LogP contribution in [0.3, 0.4) is 0 Å². The molecule has 3 rings (SSSR count). The van der Waals surface area contributed by atoms with Crippen LogP contribution in [0.25, 0.3) is 0 Å². The first-order valence-corrected chi connectivity index (χ1v) is 11.7. The van der Waals surface area contributed by atoms with E-state index in [4.69, 9.17) is 23.8 Å². The van der Waals surface area contributed by atoms with E-state index in [9.17, 15) is 9.59 Å². The number of nitrogens with zero attached hydrogens (tertiary/aromatic N) is 1. The van der Waals surface area contributed by atoms with Gasteiger partial charge in [0.05, 0.1) is 17.3 Å². The molecule has 2 aromatic carbocycles. The Bertz CT molecular complexity index is 949. The fourth-order valence-corrected chi connectivity index (χ4v) is 4.42. The molecule has 2 aromatic rings. The maximum atomic E-state index is 12.3. The first kappa shape index (κ1) is 23.3. The van der Waals surface area contributed by atoms with Crippen LogP contribution in [-0.4, -0.2) is 53.0 Å². The second-order valence-corrected chi connectivity index (χ2v) is 9.01. The Morgan fingerprint density at radius 2 is 1.55 bits per heavy atom. The average Bonchev–Trinajstić information content (AvgIpc) is 2.72. The highest BCUT2D eigenvalue weighted by Gasteiger charge is 2.15. The highest BCUT2D eigenvalue weighted by Crippen LogP contribution is 2.26. The van der Waals surface area contributed by atoms with Gasteiger partial charge in [-0.15, -0.1) is 0 Å². The van der Waals surface area contributed by atoms with Crippen molar-refractivity contribution in [2.24, 2.45) is 0 Å². The third-order valence-electron chi connectivity index (χ3n) is 4.44. The fourth-order valence-electron chi connectivity index (χ4n) is 2.98. The predicted octanol–water partition coefficient (Wildman–Crippen LogP) is 4.09. The molecule has 1 fully saturated rings. The van der Waals surface area contributed by atoms with Gasteiger partial charge in [0.15, 0.2) is 5.11 Å². The largest absolute Gasteiger partial charge is 0.332 e. The quantitative estimate of drug-likeness (QED) is 0.466. The number of anilines is 4. The number of amides is 2. The molecule has 2 amide bonds. The highest BCUT2D eigenvalue weighted by molar-refractivity contribution is 7.99.